The zero-order valence-corrected chi connectivity index (χ0v) is 48.1. The minimum absolute atomic E-state index is 0.0153. The van der Waals surface area contributed by atoms with Crippen LogP contribution < -0.4 is 30.2 Å². The van der Waals surface area contributed by atoms with Gasteiger partial charge in [0.1, 0.15) is 44.1 Å². The van der Waals surface area contributed by atoms with E-state index in [-0.39, 0.29) is 168 Å². The zero-order chi connectivity index (χ0) is 57.5. The van der Waals surface area contributed by atoms with E-state index in [1.807, 2.05) is 27.7 Å². The van der Waals surface area contributed by atoms with E-state index < -0.39 is 55.1 Å². The number of hydrogen-bond acceptors (Lipinski definition) is 20. The van der Waals surface area contributed by atoms with E-state index in [0.29, 0.717) is 18.4 Å². The summed E-state index contributed by atoms with van der Waals surface area (Å²) in [5.41, 5.74) is 0.297. The Balaban J connectivity index is 1.39. The van der Waals surface area contributed by atoms with Gasteiger partial charge in [-0.15, -0.1) is 0 Å². The summed E-state index contributed by atoms with van der Waals surface area (Å²) in [6, 6.07) is 1.30. The molecule has 3 N–H and O–H groups in total. The summed E-state index contributed by atoms with van der Waals surface area (Å²) in [7, 11) is 0. The van der Waals surface area contributed by atoms with E-state index in [0.717, 1.165) is 6.42 Å². The number of Topliss-reactive ketones (excluding diaryl/α,β-unsaturated/α-hetero) is 1. The van der Waals surface area contributed by atoms with Gasteiger partial charge < -0.3 is 82.3 Å². The number of carbonyl (C=O) groups is 6. The van der Waals surface area contributed by atoms with E-state index in [2.05, 4.69) is 36.7 Å². The minimum atomic E-state index is -0.909. The Morgan fingerprint density at radius 1 is 0.436 bits per heavy atom. The monoisotopic (exact) mass is 1110 g/mol. The molecule has 1 unspecified atom stereocenters. The first-order valence-corrected chi connectivity index (χ1v) is 27.5. The van der Waals surface area contributed by atoms with E-state index >= 15 is 0 Å². The van der Waals surface area contributed by atoms with Crippen LogP contribution in [0.25, 0.3) is 0 Å². The van der Waals surface area contributed by atoms with Gasteiger partial charge in [-0.1, -0.05) is 48.5 Å². The van der Waals surface area contributed by atoms with Crippen molar-refractivity contribution in [2.45, 2.75) is 177 Å². The fourth-order valence-corrected chi connectivity index (χ4v) is 9.96. The number of esters is 2. The average Bonchev–Trinajstić information content (AvgIpc) is 3.40. The van der Waals surface area contributed by atoms with Crippen LogP contribution in [0.15, 0.2) is 12.1 Å². The van der Waals surface area contributed by atoms with Crippen molar-refractivity contribution in [3.05, 3.63) is 17.7 Å². The predicted molar refractivity (Wildman–Crippen MR) is 281 cm³/mol. The second-order valence-corrected chi connectivity index (χ2v) is 20.0. The molecule has 0 radical (unpaired) electrons. The number of ketones is 1. The smallest absolute Gasteiger partial charge is 0.302 e. The highest BCUT2D eigenvalue weighted by Gasteiger charge is 2.48. The summed E-state index contributed by atoms with van der Waals surface area (Å²) >= 11 is 0. The summed E-state index contributed by atoms with van der Waals surface area (Å²) in [6.45, 7) is 23.4. The molecule has 15 atom stereocenters. The standard InChI is InChI=1S/C55H89N3O20/c1-14-42-31(4)32(5)47(56-36(9)60)53(76-42)71-26-20-65-17-23-68-45-29-41(35(8)59)30-46(69-24-18-66-21-27-72-54-48(57-37(10)61)50(74-39(12)63)33(6)43(15-2)77-54)52(45)70-25-19-67-22-28-73-55-49(58-38(11)62)51(75-40(13)64)34(7)44(16-3)78-55/h29-34,42-44,47-51,53-55H,14-28H2,1-13H3,(H,56,60)(H,57,61)(H,58,62)/t31-,32+,33+,34+,42-,43-,44-,47-,48-,49-,50+,51?,53-,54-,55-/m1/s1. The number of rotatable bonds is 33. The predicted octanol–water partition coefficient (Wildman–Crippen LogP) is 4.45. The van der Waals surface area contributed by atoms with Crippen molar-refractivity contribution in [1.82, 2.24) is 16.0 Å². The van der Waals surface area contributed by atoms with Gasteiger partial charge >= 0.3 is 11.9 Å². The molecule has 1 aromatic rings. The largest absolute Gasteiger partial charge is 0.487 e. The van der Waals surface area contributed by atoms with E-state index in [1.165, 1.54) is 41.5 Å². The lowest BCUT2D eigenvalue weighted by Crippen LogP contribution is -2.62. The van der Waals surface area contributed by atoms with Gasteiger partial charge in [-0.3, -0.25) is 28.8 Å². The second-order valence-electron chi connectivity index (χ2n) is 20.0. The molecule has 4 rings (SSSR count). The average molecular weight is 1110 g/mol. The third-order valence-electron chi connectivity index (χ3n) is 14.0. The molecule has 3 heterocycles. The molecule has 0 spiro atoms. The lowest BCUT2D eigenvalue weighted by Gasteiger charge is -2.44. The van der Waals surface area contributed by atoms with Crippen LogP contribution in [0.2, 0.25) is 0 Å². The quantitative estimate of drug-likeness (QED) is 0.0498. The molecule has 1 aromatic carbocycles. The molecule has 3 aliphatic rings. The number of ether oxygens (including phenoxy) is 14. The van der Waals surface area contributed by atoms with Crippen molar-refractivity contribution in [3.63, 3.8) is 0 Å². The fraction of sp³-hybridized carbons (Fsp3) is 0.782. The first-order valence-electron chi connectivity index (χ1n) is 27.5. The molecule has 3 saturated heterocycles. The number of carbonyl (C=O) groups excluding carboxylic acids is 6. The highest BCUT2D eigenvalue weighted by molar-refractivity contribution is 5.95. The third-order valence-corrected chi connectivity index (χ3v) is 14.0. The van der Waals surface area contributed by atoms with Crippen LogP contribution in [0.4, 0.5) is 0 Å². The molecule has 3 aliphatic heterocycles. The van der Waals surface area contributed by atoms with Gasteiger partial charge in [-0.05, 0) is 50.2 Å². The van der Waals surface area contributed by atoms with Gasteiger partial charge in [0, 0.05) is 52.0 Å². The fourth-order valence-electron chi connectivity index (χ4n) is 9.96. The Morgan fingerprint density at radius 2 is 0.769 bits per heavy atom. The summed E-state index contributed by atoms with van der Waals surface area (Å²) in [6.07, 6.45) is -2.32. The Bertz CT molecular complexity index is 2050. The topological polar surface area (TPSA) is 268 Å². The molecular formula is C55H89N3O20. The van der Waals surface area contributed by atoms with Crippen LogP contribution in [0.5, 0.6) is 17.2 Å². The Kier molecular flexibility index (Phi) is 28.5. The van der Waals surface area contributed by atoms with Gasteiger partial charge in [0.15, 0.2) is 36.2 Å². The van der Waals surface area contributed by atoms with Crippen molar-refractivity contribution in [3.8, 4) is 17.2 Å². The highest BCUT2D eigenvalue weighted by atomic mass is 16.7. The Hall–Kier alpha value is -4.72. The maximum atomic E-state index is 12.9. The number of benzene rings is 1. The lowest BCUT2D eigenvalue weighted by atomic mass is 9.81. The molecule has 3 amide bonds. The second kappa shape index (κ2) is 33.8. The van der Waals surface area contributed by atoms with Crippen LogP contribution >= 0.6 is 0 Å². The van der Waals surface area contributed by atoms with Crippen LogP contribution in [-0.4, -0.2) is 182 Å². The van der Waals surface area contributed by atoms with Gasteiger partial charge in [0.05, 0.1) is 83.8 Å². The number of amides is 3. The lowest BCUT2D eigenvalue weighted by molar-refractivity contribution is -0.256. The Labute approximate surface area is 460 Å². The van der Waals surface area contributed by atoms with Gasteiger partial charge in [-0.2, -0.15) is 0 Å². The molecule has 0 aromatic heterocycles. The summed E-state index contributed by atoms with van der Waals surface area (Å²) in [4.78, 5) is 73.3. The summed E-state index contributed by atoms with van der Waals surface area (Å²) in [5.74, 6) is -1.48. The zero-order valence-electron chi connectivity index (χ0n) is 48.1. The van der Waals surface area contributed by atoms with Gasteiger partial charge in [0.2, 0.25) is 23.5 Å². The van der Waals surface area contributed by atoms with Gasteiger partial charge in [0.25, 0.3) is 0 Å². The molecule has 78 heavy (non-hydrogen) atoms. The number of nitrogens with one attached hydrogen (secondary N) is 3. The summed E-state index contributed by atoms with van der Waals surface area (Å²) < 4.78 is 84.4. The molecule has 3 fully saturated rings. The highest BCUT2D eigenvalue weighted by Crippen LogP contribution is 2.40. The first-order chi connectivity index (χ1) is 37.2. The van der Waals surface area contributed by atoms with E-state index in [9.17, 15) is 28.8 Å². The summed E-state index contributed by atoms with van der Waals surface area (Å²) in [5, 5.41) is 8.64. The van der Waals surface area contributed by atoms with Crippen molar-refractivity contribution >= 4 is 35.4 Å². The normalized spacial score (nSPS) is 28.9. The molecule has 23 heteroatoms. The number of hydrogen-bond donors (Lipinski definition) is 3. The molecule has 0 saturated carbocycles. The van der Waals surface area contributed by atoms with E-state index in [4.69, 9.17) is 66.3 Å². The first kappa shape index (κ1) is 65.8. The Morgan fingerprint density at radius 3 is 1.12 bits per heavy atom. The third kappa shape index (κ3) is 20.4. The maximum absolute atomic E-state index is 12.9. The van der Waals surface area contributed by atoms with Crippen LogP contribution in [0.3, 0.4) is 0 Å². The molecule has 0 bridgehead atoms. The van der Waals surface area contributed by atoms with Crippen molar-refractivity contribution < 1.29 is 95.1 Å². The molecule has 444 valence electrons. The van der Waals surface area contributed by atoms with Crippen molar-refractivity contribution in [2.24, 2.45) is 23.7 Å². The molecule has 23 nitrogen and oxygen atoms in total. The van der Waals surface area contributed by atoms with Crippen LogP contribution in [0, 0.1) is 23.7 Å². The minimum Gasteiger partial charge on any atom is -0.487 e. The molecular weight excluding hydrogens is 1020 g/mol. The van der Waals surface area contributed by atoms with Gasteiger partial charge in [-0.25, -0.2) is 0 Å². The SMILES string of the molecule is CC[C@H]1O[C@@H](OCCOCCOc2cc(C(C)=O)cc(OCCOCCO[C@@H]3O[C@H](CC)[C@H](C)[C@H](OC(C)=O)[C@H]3NC(C)=O)c2OCCOCCO[C@@H]2O[C@H](CC)[C@H](C)C(OC(C)=O)[C@H]2NC(C)=O)[C@H](NC(C)=O)[C@@H](C)[C@H]1C. The van der Waals surface area contributed by atoms with Crippen molar-refractivity contribution in [1.29, 1.82) is 0 Å². The van der Waals surface area contributed by atoms with E-state index in [1.54, 1.807) is 12.1 Å². The van der Waals surface area contributed by atoms with Crippen LogP contribution in [-0.2, 0) is 76.1 Å². The maximum Gasteiger partial charge on any atom is 0.302 e. The van der Waals surface area contributed by atoms with Crippen LogP contribution in [0.1, 0.15) is 120 Å². The molecule has 0 aliphatic carbocycles. The van der Waals surface area contributed by atoms with Crippen molar-refractivity contribution in [2.75, 3.05) is 79.3 Å².